The third-order valence-electron chi connectivity index (χ3n) is 5.26. The number of aliphatic hydroxyl groups excluding tert-OH is 2. The van der Waals surface area contributed by atoms with E-state index in [0.29, 0.717) is 25.0 Å². The minimum Gasteiger partial charge on any atom is -0.389 e. The van der Waals surface area contributed by atoms with Crippen LogP contribution >= 0.6 is 0 Å². The number of nitrogens with zero attached hydrogens (tertiary/aromatic N) is 1. The summed E-state index contributed by atoms with van der Waals surface area (Å²) in [4.78, 5) is 2.24. The van der Waals surface area contributed by atoms with Crippen LogP contribution in [0.3, 0.4) is 0 Å². The summed E-state index contributed by atoms with van der Waals surface area (Å²) in [5.74, 6) is 2.23. The van der Waals surface area contributed by atoms with Crippen LogP contribution < -0.4 is 5.32 Å². The van der Waals surface area contributed by atoms with Gasteiger partial charge in [0.05, 0.1) is 12.2 Å². The molecule has 4 heteroatoms. The Morgan fingerprint density at radius 1 is 1.15 bits per heavy atom. The quantitative estimate of drug-likeness (QED) is 0.707. The molecule has 0 aromatic carbocycles. The van der Waals surface area contributed by atoms with Crippen molar-refractivity contribution >= 4 is 0 Å². The molecule has 1 aliphatic heterocycles. The molecule has 0 amide bonds. The molecule has 0 spiro atoms. The highest BCUT2D eigenvalue weighted by Gasteiger charge is 2.36. The largest absolute Gasteiger partial charge is 0.389 e. The lowest BCUT2D eigenvalue weighted by Gasteiger charge is -2.40. The van der Waals surface area contributed by atoms with Gasteiger partial charge in [0.2, 0.25) is 0 Å². The molecule has 2 rings (SSSR count). The molecule has 20 heavy (non-hydrogen) atoms. The van der Waals surface area contributed by atoms with Gasteiger partial charge < -0.3 is 15.5 Å². The maximum absolute atomic E-state index is 9.70. The summed E-state index contributed by atoms with van der Waals surface area (Å²) in [5, 5.41) is 23.0. The molecule has 2 fully saturated rings. The summed E-state index contributed by atoms with van der Waals surface area (Å²) >= 11 is 0. The second-order valence-electron chi connectivity index (χ2n) is 7.09. The van der Waals surface area contributed by atoms with Gasteiger partial charge in [-0.1, -0.05) is 20.8 Å². The van der Waals surface area contributed by atoms with Gasteiger partial charge in [-0.3, -0.25) is 4.90 Å². The van der Waals surface area contributed by atoms with Gasteiger partial charge in [-0.15, -0.1) is 0 Å². The van der Waals surface area contributed by atoms with Gasteiger partial charge in [-0.05, 0) is 43.6 Å². The summed E-state index contributed by atoms with van der Waals surface area (Å²) in [7, 11) is 0. The monoisotopic (exact) mass is 284 g/mol. The fourth-order valence-electron chi connectivity index (χ4n) is 3.97. The minimum atomic E-state index is -0.558. The van der Waals surface area contributed by atoms with Gasteiger partial charge in [-0.2, -0.15) is 0 Å². The molecule has 3 N–H and O–H groups in total. The molecule has 0 bridgehead atoms. The Morgan fingerprint density at radius 2 is 1.80 bits per heavy atom. The third kappa shape index (κ3) is 3.94. The number of aliphatic hydroxyl groups is 2. The average molecular weight is 284 g/mol. The first-order chi connectivity index (χ1) is 9.51. The Balaban J connectivity index is 1.93. The lowest BCUT2D eigenvalue weighted by atomic mass is 9.73. The van der Waals surface area contributed by atoms with Gasteiger partial charge in [0.25, 0.3) is 0 Å². The van der Waals surface area contributed by atoms with Crippen LogP contribution in [0.1, 0.15) is 40.0 Å². The second-order valence-corrected chi connectivity index (χ2v) is 7.09. The van der Waals surface area contributed by atoms with Gasteiger partial charge >= 0.3 is 0 Å². The normalized spacial score (nSPS) is 39.6. The number of rotatable bonds is 5. The topological polar surface area (TPSA) is 55.7 Å². The maximum Gasteiger partial charge on any atom is 0.0938 e. The van der Waals surface area contributed by atoms with Crippen molar-refractivity contribution in [3.05, 3.63) is 0 Å². The molecule has 5 atom stereocenters. The Kier molecular flexibility index (Phi) is 5.84. The van der Waals surface area contributed by atoms with E-state index in [-0.39, 0.29) is 0 Å². The van der Waals surface area contributed by atoms with E-state index in [1.165, 1.54) is 19.3 Å². The summed E-state index contributed by atoms with van der Waals surface area (Å²) in [5.41, 5.74) is 0. The highest BCUT2D eigenvalue weighted by atomic mass is 16.3. The SMILES string of the molecule is CCNC1CCC(C(C)C)CC1CN1CC(O)C(O)C1. The molecule has 5 unspecified atom stereocenters. The molecule has 1 heterocycles. The summed E-state index contributed by atoms with van der Waals surface area (Å²) in [6.07, 6.45) is 2.75. The Bertz CT molecular complexity index is 288. The first-order valence-corrected chi connectivity index (χ1v) is 8.33. The summed E-state index contributed by atoms with van der Waals surface area (Å²) in [6, 6.07) is 0.602. The Morgan fingerprint density at radius 3 is 2.35 bits per heavy atom. The van der Waals surface area contributed by atoms with Crippen LogP contribution in [-0.4, -0.2) is 59.5 Å². The number of hydrogen-bond donors (Lipinski definition) is 3. The molecule has 4 nitrogen and oxygen atoms in total. The van der Waals surface area contributed by atoms with Crippen LogP contribution in [0.25, 0.3) is 0 Å². The molecule has 0 aromatic heterocycles. The number of hydrogen-bond acceptors (Lipinski definition) is 4. The van der Waals surface area contributed by atoms with E-state index in [2.05, 4.69) is 31.0 Å². The van der Waals surface area contributed by atoms with Crippen LogP contribution in [0.15, 0.2) is 0 Å². The highest BCUT2D eigenvalue weighted by molar-refractivity contribution is 4.90. The summed E-state index contributed by atoms with van der Waals surface area (Å²) in [6.45, 7) is 10.1. The molecule has 1 aliphatic carbocycles. The second kappa shape index (κ2) is 7.21. The molecule has 0 radical (unpaired) electrons. The van der Waals surface area contributed by atoms with Gasteiger partial charge in [-0.25, -0.2) is 0 Å². The van der Waals surface area contributed by atoms with Gasteiger partial charge in [0.15, 0.2) is 0 Å². The van der Waals surface area contributed by atoms with E-state index in [0.717, 1.165) is 24.9 Å². The van der Waals surface area contributed by atoms with Crippen LogP contribution in [-0.2, 0) is 0 Å². The molecule has 1 saturated carbocycles. The predicted octanol–water partition coefficient (Wildman–Crippen LogP) is 1.07. The first-order valence-electron chi connectivity index (χ1n) is 8.33. The molecule has 1 saturated heterocycles. The maximum atomic E-state index is 9.70. The van der Waals surface area contributed by atoms with Crippen molar-refractivity contribution in [3.63, 3.8) is 0 Å². The lowest BCUT2D eigenvalue weighted by molar-refractivity contribution is 0.0572. The van der Waals surface area contributed by atoms with Crippen LogP contribution in [0.5, 0.6) is 0 Å². The van der Waals surface area contributed by atoms with E-state index in [1.807, 2.05) is 0 Å². The first kappa shape index (κ1) is 16.2. The van der Waals surface area contributed by atoms with Crippen molar-refractivity contribution in [2.24, 2.45) is 17.8 Å². The Labute approximate surface area is 123 Å². The van der Waals surface area contributed by atoms with E-state index >= 15 is 0 Å². The van der Waals surface area contributed by atoms with Crippen LogP contribution in [0.2, 0.25) is 0 Å². The van der Waals surface area contributed by atoms with E-state index < -0.39 is 12.2 Å². The average Bonchev–Trinajstić information content (AvgIpc) is 2.70. The zero-order valence-electron chi connectivity index (χ0n) is 13.3. The van der Waals surface area contributed by atoms with Crippen LogP contribution in [0.4, 0.5) is 0 Å². The number of nitrogens with one attached hydrogen (secondary N) is 1. The van der Waals surface area contributed by atoms with Crippen molar-refractivity contribution < 1.29 is 10.2 Å². The molecule has 2 aliphatic rings. The minimum absolute atomic E-state index is 0.558. The lowest BCUT2D eigenvalue weighted by Crippen LogP contribution is -2.46. The molecular weight excluding hydrogens is 252 g/mol. The Hall–Kier alpha value is -0.160. The standard InChI is InChI=1S/C16H32N2O2/c1-4-17-14-6-5-12(11(2)3)7-13(14)8-18-9-15(19)16(20)10-18/h11-17,19-20H,4-10H2,1-3H3. The third-order valence-corrected chi connectivity index (χ3v) is 5.26. The van der Waals surface area contributed by atoms with E-state index in [4.69, 9.17) is 0 Å². The summed E-state index contributed by atoms with van der Waals surface area (Å²) < 4.78 is 0. The van der Waals surface area contributed by atoms with Crippen molar-refractivity contribution in [2.45, 2.75) is 58.3 Å². The van der Waals surface area contributed by atoms with E-state index in [1.54, 1.807) is 0 Å². The van der Waals surface area contributed by atoms with Crippen molar-refractivity contribution in [3.8, 4) is 0 Å². The zero-order valence-corrected chi connectivity index (χ0v) is 13.3. The predicted molar refractivity (Wildman–Crippen MR) is 81.6 cm³/mol. The van der Waals surface area contributed by atoms with Crippen molar-refractivity contribution in [1.82, 2.24) is 10.2 Å². The molecular formula is C16H32N2O2. The van der Waals surface area contributed by atoms with Gasteiger partial charge in [0, 0.05) is 25.7 Å². The fraction of sp³-hybridized carbons (Fsp3) is 1.00. The molecule has 0 aromatic rings. The van der Waals surface area contributed by atoms with Crippen LogP contribution in [0, 0.1) is 17.8 Å². The fourth-order valence-corrected chi connectivity index (χ4v) is 3.97. The van der Waals surface area contributed by atoms with E-state index in [9.17, 15) is 10.2 Å². The zero-order chi connectivity index (χ0) is 14.7. The van der Waals surface area contributed by atoms with Crippen molar-refractivity contribution in [2.75, 3.05) is 26.2 Å². The smallest absolute Gasteiger partial charge is 0.0938 e. The van der Waals surface area contributed by atoms with Gasteiger partial charge in [0.1, 0.15) is 0 Å². The molecule has 118 valence electrons. The number of β-amino-alcohol motifs (C(OH)–C–C–N with tert-alkyl or cyclic N) is 2. The van der Waals surface area contributed by atoms with Crippen molar-refractivity contribution in [1.29, 1.82) is 0 Å². The highest BCUT2D eigenvalue weighted by Crippen LogP contribution is 2.34. The number of likely N-dealkylation sites (tertiary alicyclic amines) is 1.